The molecule has 44 heavy (non-hydrogen) atoms. The number of nitro groups is 1. The summed E-state index contributed by atoms with van der Waals surface area (Å²) in [5.74, 6) is -13.8. The molecule has 0 aliphatic heterocycles. The first kappa shape index (κ1) is 28.8. The van der Waals surface area contributed by atoms with Gasteiger partial charge in [0, 0.05) is 36.0 Å². The van der Waals surface area contributed by atoms with Crippen LogP contribution in [0.15, 0.2) is 42.6 Å². The highest BCUT2D eigenvalue weighted by Gasteiger charge is 2.69. The fraction of sp³-hybridized carbons (Fsp3) is 0.310. The van der Waals surface area contributed by atoms with Crippen molar-refractivity contribution in [1.82, 2.24) is 9.97 Å². The third kappa shape index (κ3) is 3.96. The number of anilines is 2. The molecule has 1 aromatic heterocycles. The molecular weight excluding hydrogens is 578 g/mol. The number of imidazole rings is 1. The van der Waals surface area contributed by atoms with Crippen molar-refractivity contribution >= 4 is 46.4 Å². The number of nitrogens with zero attached hydrogens (tertiary/aromatic N) is 2. The van der Waals surface area contributed by atoms with Gasteiger partial charge in [-0.15, -0.1) is 0 Å². The molecule has 2 fully saturated rings. The van der Waals surface area contributed by atoms with Gasteiger partial charge in [-0.05, 0) is 17.5 Å². The number of hydrogen-bond acceptors (Lipinski definition) is 12. The summed E-state index contributed by atoms with van der Waals surface area (Å²) in [6.07, 6.45) is -0.930. The molecule has 15 heteroatoms. The summed E-state index contributed by atoms with van der Waals surface area (Å²) in [6, 6.07) is 8.78. The maximum atomic E-state index is 13.9. The number of phenolic OH excluding ortho intramolecular Hbond substituents is 1. The van der Waals surface area contributed by atoms with Crippen molar-refractivity contribution < 1.29 is 44.2 Å². The normalized spacial score (nSPS) is 29.4. The van der Waals surface area contributed by atoms with E-state index >= 15 is 0 Å². The topological polar surface area (TPSA) is 256 Å². The minimum Gasteiger partial charge on any atom is -0.505 e. The number of aliphatic hydroxyl groups excluding tert-OH is 1. The number of Topliss-reactive ketones (excluding diaryl/α,β-unsaturated/α-hetero) is 4. The van der Waals surface area contributed by atoms with E-state index < -0.39 is 87.4 Å². The Morgan fingerprint density at radius 1 is 1.18 bits per heavy atom. The number of nitrogens with two attached hydrogens (primary N) is 1. The van der Waals surface area contributed by atoms with Crippen molar-refractivity contribution in [3.8, 4) is 17.0 Å². The summed E-state index contributed by atoms with van der Waals surface area (Å²) in [5.41, 5.74) is 2.95. The molecule has 1 amide bonds. The summed E-state index contributed by atoms with van der Waals surface area (Å²) in [5, 5.41) is 47.9. The number of benzene rings is 2. The molecule has 226 valence electrons. The van der Waals surface area contributed by atoms with Crippen LogP contribution in [0.1, 0.15) is 35.2 Å². The number of amides is 1. The molecule has 2 unspecified atom stereocenters. The Balaban J connectivity index is 1.35. The molecule has 1 heterocycles. The lowest BCUT2D eigenvalue weighted by molar-refractivity contribution is -0.384. The predicted molar refractivity (Wildman–Crippen MR) is 149 cm³/mol. The minimum atomic E-state index is -3.01. The molecule has 3 aromatic rings. The molecule has 0 radical (unpaired) electrons. The van der Waals surface area contributed by atoms with Crippen LogP contribution in [0.25, 0.3) is 11.3 Å². The number of fused-ring (bicyclic) bond motifs is 3. The zero-order valence-corrected chi connectivity index (χ0v) is 22.9. The number of aliphatic hydroxyl groups is 2. The second-order valence-corrected chi connectivity index (χ2v) is 11.3. The molecule has 7 N–H and O–H groups in total. The van der Waals surface area contributed by atoms with Crippen molar-refractivity contribution in [2.24, 2.45) is 29.4 Å². The number of ketones is 4. The van der Waals surface area contributed by atoms with Gasteiger partial charge in [0.25, 0.3) is 5.69 Å². The number of primary amides is 1. The summed E-state index contributed by atoms with van der Waals surface area (Å²) in [4.78, 5) is 82.9. The van der Waals surface area contributed by atoms with Crippen LogP contribution in [-0.4, -0.2) is 71.0 Å². The zero-order chi connectivity index (χ0) is 31.8. The van der Waals surface area contributed by atoms with E-state index in [2.05, 4.69) is 15.3 Å². The van der Waals surface area contributed by atoms with E-state index in [0.29, 0.717) is 11.3 Å². The number of nitro benzene ring substituents is 1. The van der Waals surface area contributed by atoms with Crippen LogP contribution in [0.2, 0.25) is 0 Å². The maximum Gasteiger partial charge on any atom is 0.270 e. The molecule has 3 aliphatic carbocycles. The first-order valence-corrected chi connectivity index (χ1v) is 13.5. The molecule has 0 saturated heterocycles. The molecule has 6 rings (SSSR count). The fourth-order valence-corrected chi connectivity index (χ4v) is 6.90. The van der Waals surface area contributed by atoms with Crippen molar-refractivity contribution in [1.29, 1.82) is 0 Å². The van der Waals surface area contributed by atoms with E-state index in [9.17, 15) is 49.4 Å². The van der Waals surface area contributed by atoms with E-state index in [4.69, 9.17) is 5.73 Å². The van der Waals surface area contributed by atoms with Gasteiger partial charge in [-0.2, -0.15) is 0 Å². The van der Waals surface area contributed by atoms with Gasteiger partial charge >= 0.3 is 0 Å². The predicted octanol–water partition coefficient (Wildman–Crippen LogP) is 0.901. The highest BCUT2D eigenvalue weighted by atomic mass is 16.6. The number of aromatic hydroxyl groups is 1. The largest absolute Gasteiger partial charge is 0.505 e. The van der Waals surface area contributed by atoms with Gasteiger partial charge in [0.1, 0.15) is 5.75 Å². The monoisotopic (exact) mass is 603 g/mol. The van der Waals surface area contributed by atoms with Crippen LogP contribution >= 0.6 is 0 Å². The van der Waals surface area contributed by atoms with Gasteiger partial charge in [0.2, 0.25) is 11.9 Å². The molecule has 3 aliphatic rings. The minimum absolute atomic E-state index is 0.00350. The summed E-state index contributed by atoms with van der Waals surface area (Å²) >= 11 is 0. The van der Waals surface area contributed by atoms with Crippen LogP contribution in [-0.2, 0) is 19.2 Å². The Morgan fingerprint density at radius 3 is 2.59 bits per heavy atom. The summed E-state index contributed by atoms with van der Waals surface area (Å²) < 4.78 is 0. The zero-order valence-electron chi connectivity index (χ0n) is 22.9. The lowest BCUT2D eigenvalue weighted by Gasteiger charge is -2.52. The number of non-ortho nitro benzene ring substituents is 1. The first-order valence-electron chi connectivity index (χ1n) is 13.5. The summed E-state index contributed by atoms with van der Waals surface area (Å²) in [7, 11) is 0. The number of rotatable bonds is 5. The number of aromatic amines is 1. The third-order valence-electron chi connectivity index (χ3n) is 9.06. The molecule has 0 bridgehead atoms. The second-order valence-electron chi connectivity index (χ2n) is 11.3. The third-order valence-corrected chi connectivity index (χ3v) is 9.06. The second kappa shape index (κ2) is 9.89. The number of H-pyrrole nitrogens is 1. The Hall–Kier alpha value is -5.28. The highest BCUT2D eigenvalue weighted by Crippen LogP contribution is 2.54. The van der Waals surface area contributed by atoms with Crippen molar-refractivity contribution in [2.75, 3.05) is 5.32 Å². The van der Waals surface area contributed by atoms with Crippen molar-refractivity contribution in [3.63, 3.8) is 0 Å². The van der Waals surface area contributed by atoms with E-state index in [-0.39, 0.29) is 28.5 Å². The van der Waals surface area contributed by atoms with E-state index in [1.54, 1.807) is 13.0 Å². The van der Waals surface area contributed by atoms with Gasteiger partial charge in [-0.25, -0.2) is 4.98 Å². The Labute approximate surface area is 247 Å². The van der Waals surface area contributed by atoms with Gasteiger partial charge in [-0.1, -0.05) is 25.1 Å². The van der Waals surface area contributed by atoms with Crippen molar-refractivity contribution in [2.45, 2.75) is 31.0 Å². The van der Waals surface area contributed by atoms with E-state index in [0.717, 1.165) is 0 Å². The van der Waals surface area contributed by atoms with Gasteiger partial charge in [0.05, 0.1) is 40.1 Å². The van der Waals surface area contributed by atoms with Gasteiger partial charge < -0.3 is 31.4 Å². The Morgan fingerprint density at radius 2 is 1.91 bits per heavy atom. The molecular formula is C29H25N5O10. The van der Waals surface area contributed by atoms with E-state index in [1.165, 1.54) is 36.5 Å². The van der Waals surface area contributed by atoms with Crippen LogP contribution in [0, 0.1) is 33.8 Å². The number of hydrogen-bond donors (Lipinski definition) is 6. The molecule has 7 atom stereocenters. The number of aromatic nitrogens is 2. The molecule has 15 nitrogen and oxygen atoms in total. The van der Waals surface area contributed by atoms with Gasteiger partial charge in [-0.3, -0.25) is 34.1 Å². The van der Waals surface area contributed by atoms with Gasteiger partial charge in [0.15, 0.2) is 34.7 Å². The van der Waals surface area contributed by atoms with Crippen LogP contribution in [0.3, 0.4) is 0 Å². The smallest absolute Gasteiger partial charge is 0.270 e. The fourth-order valence-electron chi connectivity index (χ4n) is 6.90. The standard InChI is InChI=1S/C29H25N5O10/c1-10-13-5-6-15(32-28-31-9-16(33-28)11-3-2-4-12(7-11)34(43)44)23(37)19(13)24(38)21-18(10)22(36)14-8-17(35)20(27(30)41)25(39)29(14,42)26(21)40/h2-7,9-10,14,18,20-22,36-37,42H,8H2,1H3,(H2,30,41)(H2,31,32,33)/t10-,14+,18+,20?,21?,22+,29+/m0/s1. The number of nitrogens with one attached hydrogen (secondary N) is 2. The number of carbonyl (C=O) groups excluding carboxylic acids is 5. The number of carbonyl (C=O) groups is 5. The summed E-state index contributed by atoms with van der Waals surface area (Å²) in [6.45, 7) is 1.60. The SMILES string of the molecule is C[C@H]1c2ccc(Nc3ncc(-c4cccc([N+](=O)[O-])c4)[nH]3)c(O)c2C(=O)C2C(=O)[C@]3(O)C(=O)C(C(N)=O)C(=O)C[C@@H]3[C@@H](O)[C@@H]21. The van der Waals surface area contributed by atoms with Crippen LogP contribution in [0.5, 0.6) is 5.75 Å². The average molecular weight is 604 g/mol. The lowest BCUT2D eigenvalue weighted by atomic mass is 9.50. The molecule has 0 spiro atoms. The average Bonchev–Trinajstić information content (AvgIpc) is 3.45. The van der Waals surface area contributed by atoms with Crippen molar-refractivity contribution in [3.05, 3.63) is 63.8 Å². The van der Waals surface area contributed by atoms with Crippen LogP contribution in [0.4, 0.5) is 17.3 Å². The van der Waals surface area contributed by atoms with Crippen LogP contribution < -0.4 is 11.1 Å². The Kier molecular flexibility index (Phi) is 6.48. The Bertz CT molecular complexity index is 1820. The lowest BCUT2D eigenvalue weighted by Crippen LogP contribution is -2.72. The van der Waals surface area contributed by atoms with E-state index in [1.807, 2.05) is 0 Å². The number of phenols is 1. The molecule has 2 aromatic carbocycles. The highest BCUT2D eigenvalue weighted by molar-refractivity contribution is 6.31. The molecule has 2 saturated carbocycles. The first-order chi connectivity index (χ1) is 20.8. The quantitative estimate of drug-likeness (QED) is 0.103. The maximum absolute atomic E-state index is 13.9.